The molecule has 25 heavy (non-hydrogen) atoms. The second kappa shape index (κ2) is 7.62. The summed E-state index contributed by atoms with van der Waals surface area (Å²) in [5.41, 5.74) is 0.231. The van der Waals surface area contributed by atoms with Gasteiger partial charge in [-0.1, -0.05) is 23.9 Å². The molecule has 128 valence electrons. The summed E-state index contributed by atoms with van der Waals surface area (Å²) in [4.78, 5) is 29.7. The molecule has 1 N–H and O–H groups in total. The Bertz CT molecular complexity index is 997. The number of benzene rings is 1. The van der Waals surface area contributed by atoms with E-state index in [0.29, 0.717) is 27.6 Å². The van der Waals surface area contributed by atoms with Gasteiger partial charge in [-0.25, -0.2) is 9.37 Å². The van der Waals surface area contributed by atoms with Gasteiger partial charge in [0.15, 0.2) is 5.16 Å². The molecule has 0 aliphatic rings. The fourth-order valence-electron chi connectivity index (χ4n) is 2.22. The summed E-state index contributed by atoms with van der Waals surface area (Å²) in [6.45, 7) is 3.97. The first-order valence-electron chi connectivity index (χ1n) is 7.35. The molecule has 0 radical (unpaired) electrons. The van der Waals surface area contributed by atoms with E-state index in [-0.39, 0.29) is 17.2 Å². The van der Waals surface area contributed by atoms with Crippen LogP contribution < -0.4 is 10.9 Å². The number of rotatable bonds is 6. The maximum Gasteiger partial charge on any atom is 0.263 e. The van der Waals surface area contributed by atoms with Crippen molar-refractivity contribution in [3.63, 3.8) is 0 Å². The van der Waals surface area contributed by atoms with Crippen molar-refractivity contribution in [3.8, 4) is 0 Å². The molecule has 2 aromatic heterocycles. The van der Waals surface area contributed by atoms with E-state index in [9.17, 15) is 14.0 Å². The number of carbonyl (C=O) groups excluding carboxylic acids is 1. The van der Waals surface area contributed by atoms with E-state index in [0.717, 1.165) is 11.8 Å². The molecule has 3 rings (SSSR count). The van der Waals surface area contributed by atoms with Crippen LogP contribution in [0.2, 0.25) is 0 Å². The fraction of sp³-hybridized carbons (Fsp3) is 0.118. The maximum absolute atomic E-state index is 13.2. The molecule has 3 aromatic rings. The van der Waals surface area contributed by atoms with Gasteiger partial charge in [-0.15, -0.1) is 17.9 Å². The highest BCUT2D eigenvalue weighted by Gasteiger charge is 2.13. The number of hydrogen-bond donors (Lipinski definition) is 1. The lowest BCUT2D eigenvalue weighted by Crippen LogP contribution is -2.23. The van der Waals surface area contributed by atoms with E-state index in [1.165, 1.54) is 34.1 Å². The average molecular weight is 375 g/mol. The summed E-state index contributed by atoms with van der Waals surface area (Å²) in [6, 6.07) is 7.41. The zero-order valence-electron chi connectivity index (χ0n) is 13.1. The Morgan fingerprint density at radius 3 is 3.04 bits per heavy atom. The number of thiophene rings is 1. The van der Waals surface area contributed by atoms with Gasteiger partial charge in [-0.3, -0.25) is 14.2 Å². The summed E-state index contributed by atoms with van der Waals surface area (Å²) in [6.07, 6.45) is 1.61. The molecule has 0 unspecified atom stereocenters. The highest BCUT2D eigenvalue weighted by Crippen LogP contribution is 2.21. The van der Waals surface area contributed by atoms with Crippen LogP contribution in [0.15, 0.2) is 58.3 Å². The molecule has 0 aliphatic heterocycles. The van der Waals surface area contributed by atoms with Crippen LogP contribution in [-0.2, 0) is 11.3 Å². The minimum absolute atomic E-state index is 0.0526. The largest absolute Gasteiger partial charge is 0.325 e. The number of aromatic nitrogens is 2. The third-order valence-corrected chi connectivity index (χ3v) is 5.08. The van der Waals surface area contributed by atoms with E-state index in [1.807, 2.05) is 5.38 Å². The number of amides is 1. The van der Waals surface area contributed by atoms with E-state index >= 15 is 0 Å². The Balaban J connectivity index is 1.78. The fourth-order valence-corrected chi connectivity index (χ4v) is 3.84. The molecule has 1 aromatic carbocycles. The summed E-state index contributed by atoms with van der Waals surface area (Å²) < 4.78 is 14.6. The normalized spacial score (nSPS) is 10.8. The molecular formula is C17H14FN3O2S2. The Morgan fingerprint density at radius 2 is 2.28 bits per heavy atom. The molecule has 0 saturated heterocycles. The number of anilines is 1. The average Bonchev–Trinajstić information content (AvgIpc) is 3.05. The Hall–Kier alpha value is -2.45. The Labute approximate surface area is 151 Å². The third-order valence-electron chi connectivity index (χ3n) is 3.30. The molecule has 0 atom stereocenters. The third kappa shape index (κ3) is 3.97. The molecule has 0 aliphatic carbocycles. The predicted molar refractivity (Wildman–Crippen MR) is 99.8 cm³/mol. The minimum atomic E-state index is -0.421. The van der Waals surface area contributed by atoms with E-state index in [4.69, 9.17) is 0 Å². The van der Waals surface area contributed by atoms with Gasteiger partial charge in [0.2, 0.25) is 5.91 Å². The number of carbonyl (C=O) groups is 1. The first-order valence-corrected chi connectivity index (χ1v) is 9.22. The number of hydrogen-bond acceptors (Lipinski definition) is 5. The number of fused-ring (bicyclic) bond motifs is 1. The van der Waals surface area contributed by atoms with E-state index in [1.54, 1.807) is 18.2 Å². The van der Waals surface area contributed by atoms with Crippen molar-refractivity contribution in [2.75, 3.05) is 11.1 Å². The first kappa shape index (κ1) is 17.4. The highest BCUT2D eigenvalue weighted by atomic mass is 32.2. The number of allylic oxidation sites excluding steroid dienone is 1. The Kier molecular flexibility index (Phi) is 5.30. The molecular weight excluding hydrogens is 361 g/mol. The van der Waals surface area contributed by atoms with Crippen molar-refractivity contribution in [2.24, 2.45) is 0 Å². The second-order valence-electron chi connectivity index (χ2n) is 5.09. The monoisotopic (exact) mass is 375 g/mol. The van der Waals surface area contributed by atoms with E-state index < -0.39 is 5.82 Å². The molecule has 0 spiro atoms. The van der Waals surface area contributed by atoms with Crippen LogP contribution in [0.5, 0.6) is 0 Å². The quantitative estimate of drug-likeness (QED) is 0.407. The Morgan fingerprint density at radius 1 is 1.44 bits per heavy atom. The summed E-state index contributed by atoms with van der Waals surface area (Å²) in [5.74, 6) is -0.673. The molecule has 2 heterocycles. The van der Waals surface area contributed by atoms with Gasteiger partial charge < -0.3 is 5.32 Å². The standard InChI is InChI=1S/C17H14FN3O2S2/c1-2-7-21-16(23)13-6-8-24-15(13)20-17(21)25-10-14(22)19-12-5-3-4-11(18)9-12/h2-6,8-9H,1,7,10H2,(H,19,22). The van der Waals surface area contributed by atoms with Crippen molar-refractivity contribution < 1.29 is 9.18 Å². The second-order valence-corrected chi connectivity index (χ2v) is 6.92. The zero-order chi connectivity index (χ0) is 17.8. The van der Waals surface area contributed by atoms with Crippen LogP contribution >= 0.6 is 23.1 Å². The lowest BCUT2D eigenvalue weighted by molar-refractivity contribution is -0.113. The smallest absolute Gasteiger partial charge is 0.263 e. The van der Waals surface area contributed by atoms with Gasteiger partial charge in [0.25, 0.3) is 5.56 Å². The lowest BCUT2D eigenvalue weighted by Gasteiger charge is -2.10. The summed E-state index contributed by atoms with van der Waals surface area (Å²) >= 11 is 2.53. The van der Waals surface area contributed by atoms with Crippen molar-refractivity contribution in [3.05, 3.63) is 64.5 Å². The summed E-state index contributed by atoms with van der Waals surface area (Å²) in [7, 11) is 0. The molecule has 0 fully saturated rings. The number of nitrogens with one attached hydrogen (secondary N) is 1. The first-order chi connectivity index (χ1) is 12.1. The van der Waals surface area contributed by atoms with Crippen LogP contribution in [0.3, 0.4) is 0 Å². The number of halogens is 1. The van der Waals surface area contributed by atoms with Gasteiger partial charge in [0.1, 0.15) is 10.6 Å². The van der Waals surface area contributed by atoms with Crippen molar-refractivity contribution in [1.29, 1.82) is 0 Å². The van der Waals surface area contributed by atoms with Gasteiger partial charge in [-0.05, 0) is 29.6 Å². The molecule has 5 nitrogen and oxygen atoms in total. The highest BCUT2D eigenvalue weighted by molar-refractivity contribution is 7.99. The van der Waals surface area contributed by atoms with Crippen LogP contribution in [0.1, 0.15) is 0 Å². The topological polar surface area (TPSA) is 64.0 Å². The SMILES string of the molecule is C=CCn1c(SCC(=O)Nc2cccc(F)c2)nc2sccc2c1=O. The van der Waals surface area contributed by atoms with Gasteiger partial charge >= 0.3 is 0 Å². The number of thioether (sulfide) groups is 1. The van der Waals surface area contributed by atoms with E-state index in [2.05, 4.69) is 16.9 Å². The van der Waals surface area contributed by atoms with Crippen LogP contribution in [0.25, 0.3) is 10.2 Å². The predicted octanol–water partition coefficient (Wildman–Crippen LogP) is 3.51. The molecule has 0 saturated carbocycles. The van der Waals surface area contributed by atoms with Crippen molar-refractivity contribution >= 4 is 44.9 Å². The molecule has 0 bridgehead atoms. The zero-order valence-corrected chi connectivity index (χ0v) is 14.7. The van der Waals surface area contributed by atoms with Crippen LogP contribution in [0.4, 0.5) is 10.1 Å². The van der Waals surface area contributed by atoms with Crippen molar-refractivity contribution in [2.45, 2.75) is 11.7 Å². The lowest BCUT2D eigenvalue weighted by atomic mass is 10.3. The maximum atomic E-state index is 13.2. The van der Waals surface area contributed by atoms with Gasteiger partial charge in [0.05, 0.1) is 11.1 Å². The van der Waals surface area contributed by atoms with Gasteiger partial charge in [0, 0.05) is 12.2 Å². The van der Waals surface area contributed by atoms with Gasteiger partial charge in [-0.2, -0.15) is 0 Å². The molecule has 8 heteroatoms. The number of nitrogens with zero attached hydrogens (tertiary/aromatic N) is 2. The van der Waals surface area contributed by atoms with Crippen LogP contribution in [0, 0.1) is 5.82 Å². The summed E-state index contributed by atoms with van der Waals surface area (Å²) in [5, 5.41) is 5.44. The minimum Gasteiger partial charge on any atom is -0.325 e. The van der Waals surface area contributed by atoms with Crippen LogP contribution in [-0.4, -0.2) is 21.2 Å². The van der Waals surface area contributed by atoms with Crippen molar-refractivity contribution in [1.82, 2.24) is 9.55 Å². The molecule has 1 amide bonds.